The smallest absolute Gasteiger partial charge is 0.294 e. The third-order valence-corrected chi connectivity index (χ3v) is 4.50. The van der Waals surface area contributed by atoms with E-state index in [1.54, 1.807) is 19.1 Å². The standard InChI is InChI=1S/C17H19F3N2O/c1-11-7-15-13(10-22(21-15)9-12-3-2-4-12)8-14(11)16(23)5-6-17(18,19)20/h7-8,10,12H,2-6,9H2,1H3. The van der Waals surface area contributed by atoms with Crippen LogP contribution >= 0.6 is 0 Å². The van der Waals surface area contributed by atoms with Gasteiger partial charge >= 0.3 is 6.18 Å². The van der Waals surface area contributed by atoms with Gasteiger partial charge in [0, 0.05) is 30.1 Å². The van der Waals surface area contributed by atoms with Crippen molar-refractivity contribution in [1.82, 2.24) is 9.78 Å². The fraction of sp³-hybridized carbons (Fsp3) is 0.529. The van der Waals surface area contributed by atoms with Gasteiger partial charge < -0.3 is 0 Å². The summed E-state index contributed by atoms with van der Waals surface area (Å²) in [5.74, 6) is 0.201. The molecule has 1 saturated carbocycles. The molecule has 1 fully saturated rings. The molecule has 0 aliphatic heterocycles. The van der Waals surface area contributed by atoms with Crippen molar-refractivity contribution >= 4 is 16.7 Å². The van der Waals surface area contributed by atoms with Gasteiger partial charge in [-0.25, -0.2) is 0 Å². The van der Waals surface area contributed by atoms with Crippen LogP contribution in [0.4, 0.5) is 13.2 Å². The summed E-state index contributed by atoms with van der Waals surface area (Å²) >= 11 is 0. The molecule has 1 aromatic carbocycles. The Morgan fingerprint density at radius 3 is 2.70 bits per heavy atom. The lowest BCUT2D eigenvalue weighted by Crippen LogP contribution is -2.18. The van der Waals surface area contributed by atoms with Crippen molar-refractivity contribution in [2.75, 3.05) is 0 Å². The van der Waals surface area contributed by atoms with Gasteiger partial charge in [0.2, 0.25) is 0 Å². The van der Waals surface area contributed by atoms with Gasteiger partial charge in [-0.3, -0.25) is 9.48 Å². The molecule has 124 valence electrons. The SMILES string of the molecule is Cc1cc2nn(CC3CCC3)cc2cc1C(=O)CCC(F)(F)F. The number of benzene rings is 1. The minimum Gasteiger partial charge on any atom is -0.294 e. The Balaban J connectivity index is 1.80. The summed E-state index contributed by atoms with van der Waals surface area (Å²) < 4.78 is 38.7. The molecule has 0 amide bonds. The summed E-state index contributed by atoms with van der Waals surface area (Å²) in [5, 5.41) is 5.32. The highest BCUT2D eigenvalue weighted by Gasteiger charge is 2.28. The highest BCUT2D eigenvalue weighted by Crippen LogP contribution is 2.29. The van der Waals surface area contributed by atoms with E-state index in [0.29, 0.717) is 17.0 Å². The summed E-state index contributed by atoms with van der Waals surface area (Å²) in [6.07, 6.45) is -0.305. The van der Waals surface area contributed by atoms with Gasteiger partial charge in [-0.2, -0.15) is 18.3 Å². The van der Waals surface area contributed by atoms with E-state index in [0.717, 1.165) is 17.4 Å². The van der Waals surface area contributed by atoms with Crippen molar-refractivity contribution in [3.05, 3.63) is 29.5 Å². The predicted octanol–water partition coefficient (Wildman–Crippen LogP) is 4.67. The zero-order valence-electron chi connectivity index (χ0n) is 13.0. The topological polar surface area (TPSA) is 34.9 Å². The Bertz CT molecular complexity index is 729. The Labute approximate surface area is 132 Å². The van der Waals surface area contributed by atoms with Crippen LogP contribution in [-0.2, 0) is 6.54 Å². The second-order valence-corrected chi connectivity index (χ2v) is 6.41. The number of carbonyl (C=O) groups is 1. The van der Waals surface area contributed by atoms with Crippen molar-refractivity contribution in [3.63, 3.8) is 0 Å². The Morgan fingerprint density at radius 2 is 2.09 bits per heavy atom. The van der Waals surface area contributed by atoms with Gasteiger partial charge in [0.15, 0.2) is 5.78 Å². The first-order valence-corrected chi connectivity index (χ1v) is 7.89. The number of fused-ring (bicyclic) bond motifs is 1. The number of carbonyl (C=O) groups excluding carboxylic acids is 1. The quantitative estimate of drug-likeness (QED) is 0.749. The number of aromatic nitrogens is 2. The van der Waals surface area contributed by atoms with E-state index in [1.165, 1.54) is 19.3 Å². The van der Waals surface area contributed by atoms with E-state index in [-0.39, 0.29) is 0 Å². The number of rotatable bonds is 5. The highest BCUT2D eigenvalue weighted by molar-refractivity contribution is 6.00. The minimum atomic E-state index is -4.30. The van der Waals surface area contributed by atoms with Crippen LogP contribution in [0.1, 0.15) is 48.0 Å². The van der Waals surface area contributed by atoms with E-state index < -0.39 is 24.8 Å². The molecule has 1 heterocycles. The minimum absolute atomic E-state index is 0.366. The van der Waals surface area contributed by atoms with Gasteiger partial charge in [-0.15, -0.1) is 0 Å². The first kappa shape index (κ1) is 16.0. The van der Waals surface area contributed by atoms with Gasteiger partial charge in [-0.05, 0) is 43.4 Å². The fourth-order valence-corrected chi connectivity index (χ4v) is 2.95. The van der Waals surface area contributed by atoms with E-state index >= 15 is 0 Å². The van der Waals surface area contributed by atoms with Crippen molar-refractivity contribution < 1.29 is 18.0 Å². The van der Waals surface area contributed by atoms with Crippen molar-refractivity contribution in [2.24, 2.45) is 5.92 Å². The highest BCUT2D eigenvalue weighted by atomic mass is 19.4. The third kappa shape index (κ3) is 3.74. The normalized spacial score (nSPS) is 15.8. The van der Waals surface area contributed by atoms with E-state index in [1.807, 2.05) is 10.9 Å². The zero-order valence-corrected chi connectivity index (χ0v) is 13.0. The van der Waals surface area contributed by atoms with Gasteiger partial charge in [0.05, 0.1) is 11.9 Å². The van der Waals surface area contributed by atoms with Crippen molar-refractivity contribution in [1.29, 1.82) is 0 Å². The molecular formula is C17H19F3N2O. The van der Waals surface area contributed by atoms with Crippen LogP contribution in [0.5, 0.6) is 0 Å². The maximum atomic E-state index is 12.3. The average molecular weight is 324 g/mol. The van der Waals surface area contributed by atoms with Crippen LogP contribution < -0.4 is 0 Å². The number of aryl methyl sites for hydroxylation is 1. The monoisotopic (exact) mass is 324 g/mol. The van der Waals surface area contributed by atoms with Crippen LogP contribution in [0.3, 0.4) is 0 Å². The van der Waals surface area contributed by atoms with E-state index in [4.69, 9.17) is 0 Å². The molecule has 2 aromatic rings. The van der Waals surface area contributed by atoms with E-state index in [9.17, 15) is 18.0 Å². The number of hydrogen-bond donors (Lipinski definition) is 0. The first-order chi connectivity index (χ1) is 10.8. The Kier molecular flexibility index (Phi) is 4.17. The number of hydrogen-bond acceptors (Lipinski definition) is 2. The summed E-state index contributed by atoms with van der Waals surface area (Å²) in [7, 11) is 0. The molecule has 0 bridgehead atoms. The van der Waals surface area contributed by atoms with Crippen LogP contribution in [0.25, 0.3) is 10.9 Å². The Morgan fingerprint density at radius 1 is 1.35 bits per heavy atom. The lowest BCUT2D eigenvalue weighted by Gasteiger charge is -2.24. The van der Waals surface area contributed by atoms with E-state index in [2.05, 4.69) is 5.10 Å². The molecule has 0 N–H and O–H groups in total. The van der Waals surface area contributed by atoms with Crippen LogP contribution in [0, 0.1) is 12.8 Å². The van der Waals surface area contributed by atoms with Gasteiger partial charge in [0.25, 0.3) is 0 Å². The number of alkyl halides is 3. The second kappa shape index (κ2) is 5.98. The molecule has 1 aromatic heterocycles. The van der Waals surface area contributed by atoms with Crippen LogP contribution in [0.15, 0.2) is 18.3 Å². The third-order valence-electron chi connectivity index (χ3n) is 4.50. The number of halogens is 3. The molecule has 0 atom stereocenters. The molecular weight excluding hydrogens is 305 g/mol. The first-order valence-electron chi connectivity index (χ1n) is 7.89. The molecule has 0 saturated heterocycles. The molecule has 0 unspecified atom stereocenters. The maximum Gasteiger partial charge on any atom is 0.389 e. The number of Topliss-reactive ketones (excluding diaryl/α,β-unsaturated/α-hetero) is 1. The summed E-state index contributed by atoms with van der Waals surface area (Å²) in [6, 6.07) is 3.46. The second-order valence-electron chi connectivity index (χ2n) is 6.41. The lowest BCUT2D eigenvalue weighted by molar-refractivity contribution is -0.133. The van der Waals surface area contributed by atoms with Crippen molar-refractivity contribution in [2.45, 2.75) is 51.7 Å². The van der Waals surface area contributed by atoms with Crippen LogP contribution in [-0.4, -0.2) is 21.7 Å². The predicted molar refractivity (Wildman–Crippen MR) is 81.4 cm³/mol. The largest absolute Gasteiger partial charge is 0.389 e. The van der Waals surface area contributed by atoms with Crippen molar-refractivity contribution in [3.8, 4) is 0 Å². The zero-order chi connectivity index (χ0) is 16.6. The molecule has 3 nitrogen and oxygen atoms in total. The lowest BCUT2D eigenvalue weighted by atomic mass is 9.85. The summed E-state index contributed by atoms with van der Waals surface area (Å²) in [4.78, 5) is 12.1. The molecule has 1 aliphatic carbocycles. The maximum absolute atomic E-state index is 12.3. The molecule has 23 heavy (non-hydrogen) atoms. The average Bonchev–Trinajstić information content (AvgIpc) is 2.80. The fourth-order valence-electron chi connectivity index (χ4n) is 2.95. The molecule has 0 radical (unpaired) electrons. The van der Waals surface area contributed by atoms with Gasteiger partial charge in [-0.1, -0.05) is 6.42 Å². The summed E-state index contributed by atoms with van der Waals surface area (Å²) in [6.45, 7) is 2.61. The Hall–Kier alpha value is -1.85. The molecule has 6 heteroatoms. The molecule has 0 spiro atoms. The molecule has 1 aliphatic rings. The molecule has 3 rings (SSSR count). The summed E-state index contributed by atoms with van der Waals surface area (Å²) in [5.41, 5.74) is 1.83. The van der Waals surface area contributed by atoms with Crippen LogP contribution in [0.2, 0.25) is 0 Å². The number of nitrogens with zero attached hydrogens (tertiary/aromatic N) is 2. The number of ketones is 1. The van der Waals surface area contributed by atoms with Gasteiger partial charge in [0.1, 0.15) is 0 Å².